The van der Waals surface area contributed by atoms with Gasteiger partial charge < -0.3 is 0 Å². The molecule has 0 saturated heterocycles. The van der Waals surface area contributed by atoms with Crippen LogP contribution in [0.25, 0.3) is 0 Å². The zero-order chi connectivity index (χ0) is 9.45. The number of unbranched alkanes of at least 4 members (excludes halogenated alkanes) is 1. The van der Waals surface area contributed by atoms with Crippen molar-refractivity contribution in [2.75, 3.05) is 6.61 Å². The molecule has 0 spiro atoms. The van der Waals surface area contributed by atoms with Crippen molar-refractivity contribution < 1.29 is 3.07 Å². The first-order valence-corrected chi connectivity index (χ1v) is 12.6. The Kier molecular flexibility index (Phi) is 7.64. The molecule has 0 aliphatic heterocycles. The van der Waals surface area contributed by atoms with Gasteiger partial charge in [-0.3, -0.25) is 0 Å². The van der Waals surface area contributed by atoms with E-state index in [9.17, 15) is 0 Å². The Balaban J connectivity index is 3.95. The van der Waals surface area contributed by atoms with E-state index in [1.54, 1.807) is 0 Å². The molecular weight excluding hydrogens is 255 g/mol. The maximum atomic E-state index is 6.04. The molecule has 0 atom stereocenters. The SMILES string of the molecule is CCC[CH2][Sn]([CH2]C)([CH2]C)[O]CC. The van der Waals surface area contributed by atoms with Gasteiger partial charge in [-0.25, -0.2) is 0 Å². The van der Waals surface area contributed by atoms with Crippen molar-refractivity contribution in [3.05, 3.63) is 0 Å². The quantitative estimate of drug-likeness (QED) is 0.644. The molecule has 0 aromatic heterocycles. The van der Waals surface area contributed by atoms with Gasteiger partial charge in [0.2, 0.25) is 0 Å². The van der Waals surface area contributed by atoms with E-state index in [1.165, 1.54) is 26.2 Å². The predicted octanol–water partition coefficient (Wildman–Crippen LogP) is 3.81. The van der Waals surface area contributed by atoms with Gasteiger partial charge in [-0.1, -0.05) is 0 Å². The fraction of sp³-hybridized carbons (Fsp3) is 1.00. The summed E-state index contributed by atoms with van der Waals surface area (Å²) in [6.07, 6.45) is 2.71. The van der Waals surface area contributed by atoms with E-state index in [0.29, 0.717) is 0 Å². The Labute approximate surface area is 82.3 Å². The van der Waals surface area contributed by atoms with Gasteiger partial charge in [0.15, 0.2) is 0 Å². The second-order valence-corrected chi connectivity index (χ2v) is 16.5. The van der Waals surface area contributed by atoms with Crippen LogP contribution >= 0.6 is 0 Å². The average Bonchev–Trinajstić information content (AvgIpc) is 2.13. The minimum absolute atomic E-state index is 0.946. The fourth-order valence-electron chi connectivity index (χ4n) is 1.68. The van der Waals surface area contributed by atoms with Crippen molar-refractivity contribution >= 4 is 18.8 Å². The first-order chi connectivity index (χ1) is 5.74. The third-order valence-corrected chi connectivity index (χ3v) is 16.3. The zero-order valence-electron chi connectivity index (χ0n) is 9.15. The second kappa shape index (κ2) is 7.19. The molecule has 12 heavy (non-hydrogen) atoms. The molecule has 0 fully saturated rings. The summed E-state index contributed by atoms with van der Waals surface area (Å²) in [5, 5.41) is 0. The average molecular weight is 279 g/mol. The van der Waals surface area contributed by atoms with Crippen LogP contribution in [-0.4, -0.2) is 25.4 Å². The van der Waals surface area contributed by atoms with Gasteiger partial charge in [0.05, 0.1) is 0 Å². The summed E-state index contributed by atoms with van der Waals surface area (Å²) in [4.78, 5) is 0. The summed E-state index contributed by atoms with van der Waals surface area (Å²) >= 11 is -2.01. The van der Waals surface area contributed by atoms with E-state index in [0.717, 1.165) is 6.61 Å². The Morgan fingerprint density at radius 3 is 1.92 bits per heavy atom. The molecular formula is C10H24OSn. The molecule has 74 valence electrons. The molecule has 0 bridgehead atoms. The molecule has 0 saturated carbocycles. The molecule has 0 aromatic rings. The van der Waals surface area contributed by atoms with Gasteiger partial charge in [-0.05, 0) is 0 Å². The maximum absolute atomic E-state index is 6.04. The summed E-state index contributed by atoms with van der Waals surface area (Å²) < 4.78 is 10.2. The van der Waals surface area contributed by atoms with Crippen LogP contribution in [0.15, 0.2) is 0 Å². The van der Waals surface area contributed by atoms with E-state index in [-0.39, 0.29) is 0 Å². The van der Waals surface area contributed by atoms with Gasteiger partial charge in [-0.15, -0.1) is 0 Å². The second-order valence-electron chi connectivity index (χ2n) is 3.43. The summed E-state index contributed by atoms with van der Waals surface area (Å²) in [5.74, 6) is 0. The number of rotatable bonds is 7. The standard InChI is InChI=1S/C4H9.C2H5O.2C2H5.Sn/c1-3-4-2;1-2-3;2*1-2;/h1,3-4H2,2H3;2H2,1H3;2*1H2,2H3;/q;-1;;;+1. The number of hydrogen-bond donors (Lipinski definition) is 0. The van der Waals surface area contributed by atoms with E-state index in [1.807, 2.05) is 0 Å². The summed E-state index contributed by atoms with van der Waals surface area (Å²) in [5.41, 5.74) is 0. The molecule has 0 amide bonds. The van der Waals surface area contributed by atoms with Crippen LogP contribution in [0.4, 0.5) is 0 Å². The van der Waals surface area contributed by atoms with Crippen molar-refractivity contribution in [1.29, 1.82) is 0 Å². The molecule has 0 aliphatic carbocycles. The molecule has 0 aliphatic rings. The van der Waals surface area contributed by atoms with Crippen molar-refractivity contribution in [3.63, 3.8) is 0 Å². The first kappa shape index (κ1) is 12.8. The van der Waals surface area contributed by atoms with Gasteiger partial charge in [-0.2, -0.15) is 0 Å². The molecule has 0 unspecified atom stereocenters. The van der Waals surface area contributed by atoms with Crippen LogP contribution in [0, 0.1) is 0 Å². The Morgan fingerprint density at radius 2 is 1.58 bits per heavy atom. The monoisotopic (exact) mass is 280 g/mol. The molecule has 0 radical (unpaired) electrons. The van der Waals surface area contributed by atoms with E-state index >= 15 is 0 Å². The van der Waals surface area contributed by atoms with Gasteiger partial charge >= 0.3 is 82.3 Å². The normalized spacial score (nSPS) is 12.0. The summed E-state index contributed by atoms with van der Waals surface area (Å²) in [7, 11) is 0. The Morgan fingerprint density at radius 1 is 1.00 bits per heavy atom. The van der Waals surface area contributed by atoms with Crippen molar-refractivity contribution in [2.45, 2.75) is 53.8 Å². The third kappa shape index (κ3) is 4.13. The zero-order valence-corrected chi connectivity index (χ0v) is 12.0. The molecule has 0 N–H and O–H groups in total. The Bertz CT molecular complexity index is 100. The molecule has 1 nitrogen and oxygen atoms in total. The van der Waals surface area contributed by atoms with Gasteiger partial charge in [0, 0.05) is 0 Å². The minimum atomic E-state index is -2.01. The van der Waals surface area contributed by atoms with Crippen LogP contribution in [0.5, 0.6) is 0 Å². The van der Waals surface area contributed by atoms with E-state index in [2.05, 4.69) is 27.7 Å². The van der Waals surface area contributed by atoms with E-state index < -0.39 is 18.8 Å². The molecule has 0 rings (SSSR count). The fourth-order valence-corrected chi connectivity index (χ4v) is 11.3. The molecule has 0 heterocycles. The third-order valence-electron chi connectivity index (χ3n) is 2.73. The van der Waals surface area contributed by atoms with Crippen LogP contribution in [0.3, 0.4) is 0 Å². The first-order valence-electron chi connectivity index (χ1n) is 5.38. The van der Waals surface area contributed by atoms with Crippen molar-refractivity contribution in [2.24, 2.45) is 0 Å². The summed E-state index contributed by atoms with van der Waals surface area (Å²) in [6.45, 7) is 10.0. The molecule has 0 aromatic carbocycles. The number of hydrogen-bond acceptors (Lipinski definition) is 1. The van der Waals surface area contributed by atoms with Crippen molar-refractivity contribution in [1.82, 2.24) is 0 Å². The van der Waals surface area contributed by atoms with Crippen LogP contribution in [-0.2, 0) is 3.07 Å². The van der Waals surface area contributed by atoms with Crippen LogP contribution < -0.4 is 0 Å². The molecule has 2 heteroatoms. The Hall–Kier alpha value is 0.759. The van der Waals surface area contributed by atoms with Crippen molar-refractivity contribution in [3.8, 4) is 0 Å². The van der Waals surface area contributed by atoms with Crippen LogP contribution in [0.2, 0.25) is 13.3 Å². The topological polar surface area (TPSA) is 9.23 Å². The van der Waals surface area contributed by atoms with E-state index in [4.69, 9.17) is 3.07 Å². The van der Waals surface area contributed by atoms with Crippen LogP contribution in [0.1, 0.15) is 40.5 Å². The summed E-state index contributed by atoms with van der Waals surface area (Å²) in [6, 6.07) is 0. The predicted molar refractivity (Wildman–Crippen MR) is 58.1 cm³/mol. The van der Waals surface area contributed by atoms with Gasteiger partial charge in [0.1, 0.15) is 0 Å². The van der Waals surface area contributed by atoms with Gasteiger partial charge in [0.25, 0.3) is 0 Å².